The fourth-order valence-electron chi connectivity index (χ4n) is 2.54. The molecule has 1 fully saturated rings. The van der Waals surface area contributed by atoms with Crippen molar-refractivity contribution in [2.24, 2.45) is 5.92 Å². The fourth-order valence-corrected chi connectivity index (χ4v) is 2.72. The molecule has 2 rings (SSSR count). The van der Waals surface area contributed by atoms with Crippen molar-refractivity contribution < 1.29 is 13.2 Å². The molecule has 2 nitrogen and oxygen atoms in total. The van der Waals surface area contributed by atoms with Crippen LogP contribution in [0.1, 0.15) is 31.2 Å². The van der Waals surface area contributed by atoms with Crippen molar-refractivity contribution in [1.29, 1.82) is 5.26 Å². The summed E-state index contributed by atoms with van der Waals surface area (Å²) >= 11 is 6.00. The van der Waals surface area contributed by atoms with Gasteiger partial charge in [0.2, 0.25) is 0 Å². The zero-order valence-corrected chi connectivity index (χ0v) is 11.4. The van der Waals surface area contributed by atoms with Crippen LogP contribution in [0.2, 0.25) is 5.02 Å². The minimum absolute atomic E-state index is 0.0522. The third kappa shape index (κ3) is 3.57. The van der Waals surface area contributed by atoms with E-state index in [0.29, 0.717) is 29.1 Å². The van der Waals surface area contributed by atoms with Crippen LogP contribution >= 0.6 is 11.6 Å². The van der Waals surface area contributed by atoms with Crippen LogP contribution in [0.25, 0.3) is 0 Å². The van der Waals surface area contributed by atoms with E-state index in [9.17, 15) is 13.2 Å². The van der Waals surface area contributed by atoms with Gasteiger partial charge in [0.15, 0.2) is 0 Å². The standard InChI is InChI=1S/C14H14ClF3N2/c15-12-5-4-9(8-19)6-13(12)20-11-3-1-2-10(7-11)14(16,17)18/h4-6,10-11,20H,1-3,7H2. The molecule has 2 atom stereocenters. The lowest BCUT2D eigenvalue weighted by molar-refractivity contribution is -0.182. The second kappa shape index (κ2) is 5.92. The lowest BCUT2D eigenvalue weighted by Gasteiger charge is -2.31. The summed E-state index contributed by atoms with van der Waals surface area (Å²) in [5, 5.41) is 12.3. The summed E-state index contributed by atoms with van der Waals surface area (Å²) in [6, 6.07) is 6.45. The lowest BCUT2D eigenvalue weighted by Crippen LogP contribution is -2.34. The first kappa shape index (κ1) is 15.0. The number of halogens is 4. The van der Waals surface area contributed by atoms with E-state index in [-0.39, 0.29) is 18.9 Å². The van der Waals surface area contributed by atoms with E-state index >= 15 is 0 Å². The van der Waals surface area contributed by atoms with Crippen LogP contribution in [0, 0.1) is 17.2 Å². The van der Waals surface area contributed by atoms with E-state index < -0.39 is 12.1 Å². The van der Waals surface area contributed by atoms with Gasteiger partial charge in [-0.2, -0.15) is 18.4 Å². The number of hydrogen-bond donors (Lipinski definition) is 1. The average Bonchev–Trinajstić information content (AvgIpc) is 2.41. The van der Waals surface area contributed by atoms with E-state index in [1.54, 1.807) is 18.2 Å². The summed E-state index contributed by atoms with van der Waals surface area (Å²) in [6.45, 7) is 0. The minimum Gasteiger partial charge on any atom is -0.381 e. The lowest BCUT2D eigenvalue weighted by atomic mass is 9.85. The number of benzene rings is 1. The Balaban J connectivity index is 2.08. The van der Waals surface area contributed by atoms with Crippen molar-refractivity contribution in [2.45, 2.75) is 37.9 Å². The highest BCUT2D eigenvalue weighted by Crippen LogP contribution is 2.38. The number of rotatable bonds is 2. The molecule has 1 N–H and O–H groups in total. The van der Waals surface area contributed by atoms with E-state index in [1.807, 2.05) is 6.07 Å². The molecule has 108 valence electrons. The molecule has 2 unspecified atom stereocenters. The van der Waals surface area contributed by atoms with E-state index in [4.69, 9.17) is 16.9 Å². The Hall–Kier alpha value is -1.41. The second-order valence-electron chi connectivity index (χ2n) is 5.05. The number of hydrogen-bond acceptors (Lipinski definition) is 2. The number of alkyl halides is 3. The van der Waals surface area contributed by atoms with Gasteiger partial charge in [-0.15, -0.1) is 0 Å². The second-order valence-corrected chi connectivity index (χ2v) is 5.46. The van der Waals surface area contributed by atoms with Crippen molar-refractivity contribution in [3.05, 3.63) is 28.8 Å². The maximum Gasteiger partial charge on any atom is 0.391 e. The maximum atomic E-state index is 12.8. The SMILES string of the molecule is N#Cc1ccc(Cl)c(NC2CCCC(C(F)(F)F)C2)c1. The zero-order valence-electron chi connectivity index (χ0n) is 10.7. The van der Waals surface area contributed by atoms with Gasteiger partial charge >= 0.3 is 6.18 Å². The Bertz CT molecular complexity index is 522. The first-order chi connectivity index (χ1) is 9.40. The monoisotopic (exact) mass is 302 g/mol. The van der Waals surface area contributed by atoms with Crippen LogP contribution in [-0.2, 0) is 0 Å². The van der Waals surface area contributed by atoms with Crippen molar-refractivity contribution >= 4 is 17.3 Å². The highest BCUT2D eigenvalue weighted by atomic mass is 35.5. The highest BCUT2D eigenvalue weighted by molar-refractivity contribution is 6.33. The maximum absolute atomic E-state index is 12.8. The van der Waals surface area contributed by atoms with Gasteiger partial charge in [-0.25, -0.2) is 0 Å². The Kier molecular flexibility index (Phi) is 4.44. The quantitative estimate of drug-likeness (QED) is 0.856. The predicted octanol–water partition coefficient (Wildman–Crippen LogP) is 4.74. The average molecular weight is 303 g/mol. The number of nitrogens with one attached hydrogen (secondary N) is 1. The summed E-state index contributed by atoms with van der Waals surface area (Å²) in [5.41, 5.74) is 0.957. The van der Waals surface area contributed by atoms with E-state index in [0.717, 1.165) is 0 Å². The van der Waals surface area contributed by atoms with Crippen LogP contribution < -0.4 is 5.32 Å². The van der Waals surface area contributed by atoms with Crippen LogP contribution in [0.5, 0.6) is 0 Å². The molecule has 0 amide bonds. The topological polar surface area (TPSA) is 35.8 Å². The van der Waals surface area contributed by atoms with E-state index in [1.165, 1.54) is 0 Å². The van der Waals surface area contributed by atoms with Crippen molar-refractivity contribution in [3.8, 4) is 6.07 Å². The van der Waals surface area contributed by atoms with Gasteiger partial charge in [0, 0.05) is 6.04 Å². The predicted molar refractivity (Wildman–Crippen MR) is 71.6 cm³/mol. The van der Waals surface area contributed by atoms with Gasteiger partial charge in [0.1, 0.15) is 0 Å². The summed E-state index contributed by atoms with van der Waals surface area (Å²) in [7, 11) is 0. The largest absolute Gasteiger partial charge is 0.391 e. The van der Waals surface area contributed by atoms with Crippen LogP contribution in [0.15, 0.2) is 18.2 Å². The van der Waals surface area contributed by atoms with Gasteiger partial charge in [-0.3, -0.25) is 0 Å². The molecule has 1 aliphatic rings. The molecule has 0 heterocycles. The minimum atomic E-state index is -4.14. The summed E-state index contributed by atoms with van der Waals surface area (Å²) in [5.74, 6) is -1.26. The van der Waals surface area contributed by atoms with Gasteiger partial charge < -0.3 is 5.32 Å². The van der Waals surface area contributed by atoms with Crippen LogP contribution in [0.4, 0.5) is 18.9 Å². The molecule has 0 aliphatic heterocycles. The van der Waals surface area contributed by atoms with Crippen LogP contribution in [-0.4, -0.2) is 12.2 Å². The Morgan fingerprint density at radius 2 is 2.05 bits per heavy atom. The molecule has 1 saturated carbocycles. The Morgan fingerprint density at radius 3 is 2.70 bits per heavy atom. The Morgan fingerprint density at radius 1 is 1.30 bits per heavy atom. The third-order valence-corrected chi connectivity index (χ3v) is 3.92. The molecular weight excluding hydrogens is 289 g/mol. The fraction of sp³-hybridized carbons (Fsp3) is 0.500. The highest BCUT2D eigenvalue weighted by Gasteiger charge is 2.42. The molecule has 0 bridgehead atoms. The van der Waals surface area contributed by atoms with Crippen molar-refractivity contribution in [1.82, 2.24) is 0 Å². The van der Waals surface area contributed by atoms with E-state index in [2.05, 4.69) is 5.32 Å². The van der Waals surface area contributed by atoms with Gasteiger partial charge in [0.25, 0.3) is 0 Å². The molecule has 1 aliphatic carbocycles. The molecule has 1 aromatic carbocycles. The van der Waals surface area contributed by atoms with Gasteiger partial charge in [-0.05, 0) is 37.5 Å². The zero-order chi connectivity index (χ0) is 14.8. The smallest absolute Gasteiger partial charge is 0.381 e. The van der Waals surface area contributed by atoms with Gasteiger partial charge in [0.05, 0.1) is 28.3 Å². The number of anilines is 1. The summed E-state index contributed by atoms with van der Waals surface area (Å²) in [4.78, 5) is 0. The van der Waals surface area contributed by atoms with Gasteiger partial charge in [-0.1, -0.05) is 18.0 Å². The van der Waals surface area contributed by atoms with Crippen LogP contribution in [0.3, 0.4) is 0 Å². The van der Waals surface area contributed by atoms with Crippen molar-refractivity contribution in [3.63, 3.8) is 0 Å². The third-order valence-electron chi connectivity index (χ3n) is 3.59. The molecule has 0 radical (unpaired) electrons. The van der Waals surface area contributed by atoms with Crippen molar-refractivity contribution in [2.75, 3.05) is 5.32 Å². The molecular formula is C14H14ClF3N2. The normalized spacial score (nSPS) is 23.1. The molecule has 0 aromatic heterocycles. The molecule has 0 saturated heterocycles. The summed E-state index contributed by atoms with van der Waals surface area (Å²) in [6.07, 6.45) is -2.68. The summed E-state index contributed by atoms with van der Waals surface area (Å²) < 4.78 is 38.3. The first-order valence-corrected chi connectivity index (χ1v) is 6.81. The molecule has 20 heavy (non-hydrogen) atoms. The molecule has 1 aromatic rings. The molecule has 6 heteroatoms. The molecule has 0 spiro atoms. The first-order valence-electron chi connectivity index (χ1n) is 6.43. The number of nitriles is 1. The number of nitrogens with zero attached hydrogens (tertiary/aromatic N) is 1. The Labute approximate surface area is 120 Å².